The van der Waals surface area contributed by atoms with E-state index >= 15 is 0 Å². The molecule has 0 saturated carbocycles. The molecule has 0 radical (unpaired) electrons. The molecule has 4 heteroatoms. The fraction of sp³-hybridized carbons (Fsp3) is 0.222. The maximum Gasteiger partial charge on any atom is 0.265 e. The molecule has 0 atom stereocenters. The van der Waals surface area contributed by atoms with E-state index in [-0.39, 0.29) is 12.5 Å². The topological polar surface area (TPSA) is 50.7 Å². The normalized spacial score (nSPS) is 11.1. The van der Waals surface area contributed by atoms with Crippen molar-refractivity contribution in [2.45, 2.75) is 20.8 Å². The van der Waals surface area contributed by atoms with Gasteiger partial charge in [-0.2, -0.15) is 0 Å². The zero-order valence-corrected chi connectivity index (χ0v) is 13.1. The van der Waals surface area contributed by atoms with Crippen LogP contribution in [0.2, 0.25) is 0 Å². The molecule has 0 spiro atoms. The van der Waals surface area contributed by atoms with Gasteiger partial charge in [0.1, 0.15) is 0 Å². The van der Waals surface area contributed by atoms with E-state index in [1.54, 1.807) is 0 Å². The highest BCUT2D eigenvalue weighted by atomic mass is 16.6. The Labute approximate surface area is 130 Å². The third-order valence-electron chi connectivity index (χ3n) is 3.33. The van der Waals surface area contributed by atoms with Crippen molar-refractivity contribution in [3.8, 4) is 0 Å². The number of oxime groups is 1. The van der Waals surface area contributed by atoms with Crippen LogP contribution >= 0.6 is 0 Å². The van der Waals surface area contributed by atoms with Gasteiger partial charge < -0.3 is 10.2 Å². The Bertz CT molecular complexity index is 658. The van der Waals surface area contributed by atoms with Crippen molar-refractivity contribution >= 4 is 17.3 Å². The summed E-state index contributed by atoms with van der Waals surface area (Å²) >= 11 is 0. The summed E-state index contributed by atoms with van der Waals surface area (Å²) in [6, 6.07) is 15.6. The Morgan fingerprint density at radius 1 is 1.05 bits per heavy atom. The van der Waals surface area contributed by atoms with Gasteiger partial charge in [-0.25, -0.2) is 0 Å². The van der Waals surface area contributed by atoms with Crippen LogP contribution in [0.25, 0.3) is 0 Å². The van der Waals surface area contributed by atoms with Crippen molar-refractivity contribution in [2.24, 2.45) is 5.16 Å². The standard InChI is InChI=1S/C18H20N2O2/c1-13-8-7-9-14(2)18(13)19-17(21)12-22-20-15(3)16-10-5-4-6-11-16/h4-11H,12H2,1-3H3,(H,19,21). The minimum Gasteiger partial charge on any atom is -0.385 e. The minimum atomic E-state index is -0.220. The number of nitrogens with one attached hydrogen (secondary N) is 1. The monoisotopic (exact) mass is 296 g/mol. The summed E-state index contributed by atoms with van der Waals surface area (Å²) in [6.45, 7) is 5.65. The zero-order chi connectivity index (χ0) is 15.9. The molecular weight excluding hydrogens is 276 g/mol. The van der Waals surface area contributed by atoms with Crippen LogP contribution < -0.4 is 5.32 Å². The summed E-state index contributed by atoms with van der Waals surface area (Å²) in [6.07, 6.45) is 0. The lowest BCUT2D eigenvalue weighted by atomic mass is 10.1. The molecule has 114 valence electrons. The Balaban J connectivity index is 1.91. The maximum absolute atomic E-state index is 11.9. The predicted octanol–water partition coefficient (Wildman–Crippen LogP) is 3.68. The number of carbonyl (C=O) groups excluding carboxylic acids is 1. The van der Waals surface area contributed by atoms with Crippen molar-refractivity contribution in [3.05, 3.63) is 65.2 Å². The molecule has 0 aliphatic heterocycles. The lowest BCUT2D eigenvalue weighted by Gasteiger charge is -2.10. The predicted molar refractivity (Wildman–Crippen MR) is 89.2 cm³/mol. The zero-order valence-electron chi connectivity index (χ0n) is 13.1. The van der Waals surface area contributed by atoms with Crippen molar-refractivity contribution in [1.82, 2.24) is 0 Å². The minimum absolute atomic E-state index is 0.113. The van der Waals surface area contributed by atoms with Gasteiger partial charge in [0.05, 0.1) is 5.71 Å². The number of hydrogen-bond donors (Lipinski definition) is 1. The van der Waals surface area contributed by atoms with Gasteiger partial charge in [-0.15, -0.1) is 0 Å². The second-order valence-electron chi connectivity index (χ2n) is 5.13. The first-order valence-corrected chi connectivity index (χ1v) is 7.16. The van der Waals surface area contributed by atoms with Gasteiger partial charge in [0.25, 0.3) is 5.91 Å². The highest BCUT2D eigenvalue weighted by Gasteiger charge is 2.07. The quantitative estimate of drug-likeness (QED) is 0.676. The van der Waals surface area contributed by atoms with E-state index in [1.807, 2.05) is 69.3 Å². The summed E-state index contributed by atoms with van der Waals surface area (Å²) in [4.78, 5) is 17.1. The number of anilines is 1. The van der Waals surface area contributed by atoms with Crippen LogP contribution in [0, 0.1) is 13.8 Å². The second kappa shape index (κ2) is 7.41. The van der Waals surface area contributed by atoms with Gasteiger partial charge in [0.2, 0.25) is 0 Å². The van der Waals surface area contributed by atoms with Crippen LogP contribution in [0.3, 0.4) is 0 Å². The highest BCUT2D eigenvalue weighted by Crippen LogP contribution is 2.19. The maximum atomic E-state index is 11.9. The first kappa shape index (κ1) is 15.8. The van der Waals surface area contributed by atoms with Crippen LogP contribution in [-0.2, 0) is 9.63 Å². The Kier molecular flexibility index (Phi) is 5.31. The second-order valence-corrected chi connectivity index (χ2v) is 5.13. The van der Waals surface area contributed by atoms with Gasteiger partial charge in [-0.3, -0.25) is 4.79 Å². The molecule has 0 fully saturated rings. The molecule has 1 amide bonds. The van der Waals surface area contributed by atoms with E-state index in [2.05, 4.69) is 10.5 Å². The SMILES string of the molecule is CC(=NOCC(=O)Nc1c(C)cccc1C)c1ccccc1. The lowest BCUT2D eigenvalue weighted by molar-refractivity contribution is -0.120. The average molecular weight is 296 g/mol. The molecule has 0 aromatic heterocycles. The number of benzene rings is 2. The average Bonchev–Trinajstić information content (AvgIpc) is 2.52. The van der Waals surface area contributed by atoms with Crippen molar-refractivity contribution in [3.63, 3.8) is 0 Å². The highest BCUT2D eigenvalue weighted by molar-refractivity contribution is 5.98. The Morgan fingerprint density at radius 3 is 2.32 bits per heavy atom. The van der Waals surface area contributed by atoms with E-state index in [0.29, 0.717) is 0 Å². The number of rotatable bonds is 5. The number of nitrogens with zero attached hydrogens (tertiary/aromatic N) is 1. The van der Waals surface area contributed by atoms with Gasteiger partial charge in [0.15, 0.2) is 6.61 Å². The summed E-state index contributed by atoms with van der Waals surface area (Å²) < 4.78 is 0. The molecule has 4 nitrogen and oxygen atoms in total. The van der Waals surface area contributed by atoms with Crippen LogP contribution in [0.5, 0.6) is 0 Å². The summed E-state index contributed by atoms with van der Waals surface area (Å²) in [5, 5.41) is 6.84. The van der Waals surface area contributed by atoms with Crippen molar-refractivity contribution < 1.29 is 9.63 Å². The number of hydrogen-bond acceptors (Lipinski definition) is 3. The van der Waals surface area contributed by atoms with Crippen LogP contribution in [0.15, 0.2) is 53.7 Å². The van der Waals surface area contributed by atoms with E-state index in [1.165, 1.54) is 0 Å². The lowest BCUT2D eigenvalue weighted by Crippen LogP contribution is -2.18. The molecule has 2 aromatic rings. The van der Waals surface area contributed by atoms with Crippen LogP contribution in [0.4, 0.5) is 5.69 Å². The Hall–Kier alpha value is -2.62. The number of carbonyl (C=O) groups is 1. The molecule has 0 aliphatic rings. The summed E-state index contributed by atoms with van der Waals surface area (Å²) in [7, 11) is 0. The molecule has 0 heterocycles. The van der Waals surface area contributed by atoms with E-state index in [0.717, 1.165) is 28.1 Å². The van der Waals surface area contributed by atoms with Crippen LogP contribution in [-0.4, -0.2) is 18.2 Å². The first-order valence-electron chi connectivity index (χ1n) is 7.16. The number of para-hydroxylation sites is 1. The molecule has 0 unspecified atom stereocenters. The smallest absolute Gasteiger partial charge is 0.265 e. The van der Waals surface area contributed by atoms with Gasteiger partial charge in [-0.1, -0.05) is 53.7 Å². The third-order valence-corrected chi connectivity index (χ3v) is 3.33. The van der Waals surface area contributed by atoms with E-state index in [4.69, 9.17) is 4.84 Å². The van der Waals surface area contributed by atoms with Crippen molar-refractivity contribution in [1.29, 1.82) is 0 Å². The fourth-order valence-corrected chi connectivity index (χ4v) is 2.11. The first-order chi connectivity index (χ1) is 10.6. The number of aryl methyl sites for hydroxylation is 2. The van der Waals surface area contributed by atoms with Crippen molar-refractivity contribution in [2.75, 3.05) is 11.9 Å². The molecule has 0 bridgehead atoms. The fourth-order valence-electron chi connectivity index (χ4n) is 2.11. The summed E-state index contributed by atoms with van der Waals surface area (Å²) in [5.74, 6) is -0.220. The summed E-state index contributed by atoms with van der Waals surface area (Å²) in [5.41, 5.74) is 4.59. The van der Waals surface area contributed by atoms with Gasteiger partial charge >= 0.3 is 0 Å². The van der Waals surface area contributed by atoms with E-state index in [9.17, 15) is 4.79 Å². The molecule has 0 aliphatic carbocycles. The number of amides is 1. The molecule has 1 N–H and O–H groups in total. The molecule has 22 heavy (non-hydrogen) atoms. The molecule has 0 saturated heterocycles. The van der Waals surface area contributed by atoms with Gasteiger partial charge in [-0.05, 0) is 37.5 Å². The third kappa shape index (κ3) is 4.19. The largest absolute Gasteiger partial charge is 0.385 e. The molecule has 2 aromatic carbocycles. The molecular formula is C18H20N2O2. The molecule has 2 rings (SSSR count). The van der Waals surface area contributed by atoms with E-state index < -0.39 is 0 Å². The van der Waals surface area contributed by atoms with Gasteiger partial charge in [0, 0.05) is 5.69 Å². The van der Waals surface area contributed by atoms with Crippen LogP contribution in [0.1, 0.15) is 23.6 Å². The Morgan fingerprint density at radius 2 is 1.68 bits per heavy atom.